The van der Waals surface area contributed by atoms with Gasteiger partial charge in [0.15, 0.2) is 0 Å². The van der Waals surface area contributed by atoms with Crippen LogP contribution in [0.15, 0.2) is 23.1 Å². The number of carboxylic acid groups (broad SMARTS) is 1. The van der Waals surface area contributed by atoms with E-state index in [2.05, 4.69) is 4.72 Å². The third-order valence-electron chi connectivity index (χ3n) is 2.61. The van der Waals surface area contributed by atoms with Crippen molar-refractivity contribution in [2.24, 2.45) is 0 Å². The molecule has 0 fully saturated rings. The molecule has 3 N–H and O–H groups in total. The number of hydrogen-bond donors (Lipinski definition) is 3. The van der Waals surface area contributed by atoms with Crippen molar-refractivity contribution in [2.75, 3.05) is 6.54 Å². The molecule has 0 saturated carbocycles. The predicted octanol–water partition coefficient (Wildman–Crippen LogP) is 0.963. The smallest absolute Gasteiger partial charge is 0.338 e. The van der Waals surface area contributed by atoms with E-state index in [9.17, 15) is 22.7 Å². The molecule has 6 nitrogen and oxygen atoms in total. The van der Waals surface area contributed by atoms with Crippen molar-refractivity contribution in [1.82, 2.24) is 4.72 Å². The minimum absolute atomic E-state index is 0.185. The van der Waals surface area contributed by atoms with Crippen molar-refractivity contribution in [3.05, 3.63) is 29.6 Å². The minimum Gasteiger partial charge on any atom is -0.478 e. The summed E-state index contributed by atoms with van der Waals surface area (Å²) >= 11 is 0. The van der Waals surface area contributed by atoms with Crippen LogP contribution in [0.1, 0.15) is 30.1 Å². The Bertz CT molecular complexity index is 588. The lowest BCUT2D eigenvalue weighted by molar-refractivity contribution is 0.0691. The molecule has 0 bridgehead atoms. The summed E-state index contributed by atoms with van der Waals surface area (Å²) in [5, 5.41) is 18.2. The molecular formula is C12H16FNO5S. The summed E-state index contributed by atoms with van der Waals surface area (Å²) in [6, 6.07) is 2.49. The van der Waals surface area contributed by atoms with Crippen LogP contribution in [0, 0.1) is 5.82 Å². The molecule has 0 aliphatic carbocycles. The Kier molecular flexibility index (Phi) is 5.61. The van der Waals surface area contributed by atoms with Crippen LogP contribution in [0.2, 0.25) is 0 Å². The second-order valence-corrected chi connectivity index (χ2v) is 6.01. The molecule has 8 heteroatoms. The van der Waals surface area contributed by atoms with Gasteiger partial charge in [-0.2, -0.15) is 0 Å². The first-order chi connectivity index (χ1) is 9.27. The number of carboxylic acids is 1. The van der Waals surface area contributed by atoms with Crippen molar-refractivity contribution in [2.45, 2.75) is 30.8 Å². The maximum atomic E-state index is 13.2. The van der Waals surface area contributed by atoms with Gasteiger partial charge >= 0.3 is 5.97 Å². The Hall–Kier alpha value is -1.51. The molecule has 1 aromatic rings. The summed E-state index contributed by atoms with van der Waals surface area (Å²) < 4.78 is 39.1. The Morgan fingerprint density at radius 1 is 1.45 bits per heavy atom. The van der Waals surface area contributed by atoms with Crippen LogP contribution in [-0.2, 0) is 10.0 Å². The largest absolute Gasteiger partial charge is 0.478 e. The normalized spacial score (nSPS) is 13.2. The average Bonchev–Trinajstić information content (AvgIpc) is 2.37. The molecule has 1 rings (SSSR count). The summed E-state index contributed by atoms with van der Waals surface area (Å²) in [5.74, 6) is -2.56. The second kappa shape index (κ2) is 6.78. The number of hydrogen-bond acceptors (Lipinski definition) is 4. The summed E-state index contributed by atoms with van der Waals surface area (Å²) in [6.45, 7) is 1.66. The fourth-order valence-corrected chi connectivity index (χ4v) is 2.66. The molecule has 0 amide bonds. The van der Waals surface area contributed by atoms with E-state index in [-0.39, 0.29) is 11.4 Å². The van der Waals surface area contributed by atoms with Crippen molar-refractivity contribution in [1.29, 1.82) is 0 Å². The van der Waals surface area contributed by atoms with Crippen LogP contribution in [0.25, 0.3) is 0 Å². The number of rotatable bonds is 7. The molecule has 0 spiro atoms. The van der Waals surface area contributed by atoms with E-state index in [0.717, 1.165) is 18.2 Å². The van der Waals surface area contributed by atoms with Gasteiger partial charge in [0.2, 0.25) is 10.0 Å². The van der Waals surface area contributed by atoms with Crippen LogP contribution >= 0.6 is 0 Å². The first-order valence-electron chi connectivity index (χ1n) is 5.98. The van der Waals surface area contributed by atoms with Gasteiger partial charge in [-0.25, -0.2) is 22.3 Å². The lowest BCUT2D eigenvalue weighted by Crippen LogP contribution is -2.32. The molecule has 0 radical (unpaired) electrons. The van der Waals surface area contributed by atoms with Crippen LogP contribution in [-0.4, -0.2) is 37.2 Å². The van der Waals surface area contributed by atoms with E-state index in [0.29, 0.717) is 12.8 Å². The Morgan fingerprint density at radius 2 is 2.10 bits per heavy atom. The molecule has 0 aliphatic heterocycles. The molecule has 20 heavy (non-hydrogen) atoms. The molecule has 0 heterocycles. The van der Waals surface area contributed by atoms with Gasteiger partial charge in [0.25, 0.3) is 0 Å². The van der Waals surface area contributed by atoms with Gasteiger partial charge < -0.3 is 10.2 Å². The van der Waals surface area contributed by atoms with Gasteiger partial charge in [0.05, 0.1) is 16.6 Å². The highest BCUT2D eigenvalue weighted by Crippen LogP contribution is 2.15. The van der Waals surface area contributed by atoms with Crippen LogP contribution in [0.4, 0.5) is 4.39 Å². The van der Waals surface area contributed by atoms with Crippen molar-refractivity contribution >= 4 is 16.0 Å². The number of aliphatic hydroxyl groups is 1. The average molecular weight is 305 g/mol. The number of aliphatic hydroxyl groups excluding tert-OH is 1. The maximum Gasteiger partial charge on any atom is 0.338 e. The second-order valence-electron chi connectivity index (χ2n) is 4.24. The van der Waals surface area contributed by atoms with Gasteiger partial charge in [-0.15, -0.1) is 0 Å². The zero-order valence-corrected chi connectivity index (χ0v) is 11.7. The molecular weight excluding hydrogens is 289 g/mol. The number of nitrogens with one attached hydrogen (secondary N) is 1. The first-order valence-corrected chi connectivity index (χ1v) is 7.46. The SMILES string of the molecule is CCCC(O)CNS(=O)(=O)c1ccc(F)c(C(=O)O)c1. The molecule has 0 aliphatic rings. The highest BCUT2D eigenvalue weighted by Gasteiger charge is 2.19. The monoisotopic (exact) mass is 305 g/mol. The number of halogens is 1. The number of sulfonamides is 1. The van der Waals surface area contributed by atoms with Gasteiger partial charge in [-0.05, 0) is 24.6 Å². The topological polar surface area (TPSA) is 104 Å². The van der Waals surface area contributed by atoms with Gasteiger partial charge in [0.1, 0.15) is 5.82 Å². The Balaban J connectivity index is 2.93. The molecule has 112 valence electrons. The molecule has 1 unspecified atom stereocenters. The fourth-order valence-electron chi connectivity index (χ4n) is 1.56. The third kappa shape index (κ3) is 4.26. The standard InChI is InChI=1S/C12H16FNO5S/c1-2-3-8(15)7-14-20(18,19)9-4-5-11(13)10(6-9)12(16)17/h4-6,8,14-15H,2-3,7H2,1H3,(H,16,17). The maximum absolute atomic E-state index is 13.2. The summed E-state index contributed by atoms with van der Waals surface area (Å²) in [6.07, 6.45) is 0.309. The predicted molar refractivity (Wildman–Crippen MR) is 69.5 cm³/mol. The van der Waals surface area contributed by atoms with Gasteiger partial charge in [-0.3, -0.25) is 0 Å². The van der Waals surface area contributed by atoms with E-state index in [1.165, 1.54) is 0 Å². The van der Waals surface area contributed by atoms with Crippen molar-refractivity contribution < 1.29 is 27.8 Å². The Labute approximate surface area is 116 Å². The summed E-state index contributed by atoms with van der Waals surface area (Å²) in [7, 11) is -3.99. The Morgan fingerprint density at radius 3 is 2.65 bits per heavy atom. The molecule has 0 aromatic heterocycles. The van der Waals surface area contributed by atoms with Gasteiger partial charge in [-0.1, -0.05) is 13.3 Å². The van der Waals surface area contributed by atoms with E-state index in [1.807, 2.05) is 6.92 Å². The summed E-state index contributed by atoms with van der Waals surface area (Å²) in [5.41, 5.74) is -0.720. The molecule has 0 saturated heterocycles. The summed E-state index contributed by atoms with van der Waals surface area (Å²) in [4.78, 5) is 10.4. The lowest BCUT2D eigenvalue weighted by Gasteiger charge is -2.11. The van der Waals surface area contributed by atoms with Crippen LogP contribution in [0.5, 0.6) is 0 Å². The van der Waals surface area contributed by atoms with E-state index in [4.69, 9.17) is 5.11 Å². The fraction of sp³-hybridized carbons (Fsp3) is 0.417. The minimum atomic E-state index is -3.99. The van der Waals surface area contributed by atoms with E-state index >= 15 is 0 Å². The zero-order valence-electron chi connectivity index (χ0n) is 10.8. The van der Waals surface area contributed by atoms with Crippen molar-refractivity contribution in [3.63, 3.8) is 0 Å². The quantitative estimate of drug-likeness (QED) is 0.696. The first kappa shape index (κ1) is 16.5. The number of carbonyl (C=O) groups is 1. The van der Waals surface area contributed by atoms with E-state index in [1.54, 1.807) is 0 Å². The van der Waals surface area contributed by atoms with E-state index < -0.39 is 33.5 Å². The zero-order chi connectivity index (χ0) is 15.3. The molecule has 1 atom stereocenters. The number of aromatic carboxylic acids is 1. The van der Waals surface area contributed by atoms with Crippen LogP contribution in [0.3, 0.4) is 0 Å². The highest BCUT2D eigenvalue weighted by molar-refractivity contribution is 7.89. The van der Waals surface area contributed by atoms with Gasteiger partial charge in [0, 0.05) is 6.54 Å². The lowest BCUT2D eigenvalue weighted by atomic mass is 10.2. The highest BCUT2D eigenvalue weighted by atomic mass is 32.2. The molecule has 1 aromatic carbocycles. The number of benzene rings is 1. The van der Waals surface area contributed by atoms with Crippen LogP contribution < -0.4 is 4.72 Å². The van der Waals surface area contributed by atoms with Crippen molar-refractivity contribution in [3.8, 4) is 0 Å². The third-order valence-corrected chi connectivity index (χ3v) is 4.03.